The second-order valence-electron chi connectivity index (χ2n) is 5.51. The molecule has 26 heavy (non-hydrogen) atoms. The number of carboxylic acid groups (broad SMARTS) is 1. The van der Waals surface area contributed by atoms with E-state index in [0.717, 1.165) is 28.8 Å². The van der Waals surface area contributed by atoms with Crippen LogP contribution >= 0.6 is 0 Å². The van der Waals surface area contributed by atoms with Crippen LogP contribution in [0.1, 0.15) is 17.3 Å². The molecule has 3 rings (SSSR count). The van der Waals surface area contributed by atoms with Gasteiger partial charge in [0, 0.05) is 11.5 Å². The molecule has 3 aromatic rings. The molecule has 0 aliphatic carbocycles. The number of aliphatic imine (C=N–C) groups is 1. The average molecular weight is 353 g/mol. The minimum Gasteiger partial charge on any atom is -0.550 e. The molecule has 0 bridgehead atoms. The Morgan fingerprint density at radius 2 is 1.81 bits per heavy atom. The number of carbonyl (C=O) groups is 2. The summed E-state index contributed by atoms with van der Waals surface area (Å²) in [5, 5.41) is 14.0. The number of guanidine groups is 1. The normalized spacial score (nSPS) is 9.92. The van der Waals surface area contributed by atoms with E-state index in [1.807, 2.05) is 54.5 Å². The number of aryl methyl sites for hydroxylation is 1. The molecular formula is C18H19N5O3. The van der Waals surface area contributed by atoms with Crippen molar-refractivity contribution in [2.75, 3.05) is 0 Å². The monoisotopic (exact) mass is 353 g/mol. The van der Waals surface area contributed by atoms with Gasteiger partial charge in [0.25, 0.3) is 5.91 Å². The minimum atomic E-state index is -1.08. The van der Waals surface area contributed by atoms with Crippen LogP contribution in [0.3, 0.4) is 0 Å². The minimum absolute atomic E-state index is 0.247. The van der Waals surface area contributed by atoms with Gasteiger partial charge in [0.1, 0.15) is 0 Å². The lowest BCUT2D eigenvalue weighted by atomic mass is 9.94. The van der Waals surface area contributed by atoms with Crippen molar-refractivity contribution in [1.29, 1.82) is 0 Å². The van der Waals surface area contributed by atoms with Crippen molar-refractivity contribution >= 4 is 28.6 Å². The summed E-state index contributed by atoms with van der Waals surface area (Å²) < 4.78 is 1.81. The molecule has 1 amide bonds. The van der Waals surface area contributed by atoms with Crippen molar-refractivity contribution in [3.05, 3.63) is 54.4 Å². The molecule has 0 aliphatic heterocycles. The molecule has 1 aromatic heterocycles. The number of H-pyrrole nitrogens is 1. The summed E-state index contributed by atoms with van der Waals surface area (Å²) in [7, 11) is 1.88. The van der Waals surface area contributed by atoms with Crippen LogP contribution in [0.4, 0.5) is 0 Å². The highest BCUT2D eigenvalue weighted by atomic mass is 16.4. The Kier molecular flexibility index (Phi) is 5.69. The summed E-state index contributed by atoms with van der Waals surface area (Å²) in [5.74, 6) is -1.78. The molecule has 0 unspecified atom stereocenters. The number of rotatable bonds is 2. The Labute approximate surface area is 149 Å². The molecule has 0 saturated carbocycles. The van der Waals surface area contributed by atoms with Gasteiger partial charge in [-0.3, -0.25) is 4.79 Å². The van der Waals surface area contributed by atoms with Crippen molar-refractivity contribution in [3.63, 3.8) is 0 Å². The number of benzene rings is 2. The Bertz CT molecular complexity index is 983. The molecule has 0 saturated heterocycles. The Balaban J connectivity index is 0.000000552. The number of carbonyl (C=O) groups excluding carboxylic acids is 2. The highest BCUT2D eigenvalue weighted by Crippen LogP contribution is 2.31. The zero-order chi connectivity index (χ0) is 19.3. The van der Waals surface area contributed by atoms with Gasteiger partial charge in [-0.15, -0.1) is 4.68 Å². The van der Waals surface area contributed by atoms with Crippen LogP contribution in [0.25, 0.3) is 21.9 Å². The molecule has 0 fully saturated rings. The maximum absolute atomic E-state index is 12.3. The third-order valence-electron chi connectivity index (χ3n) is 3.44. The van der Waals surface area contributed by atoms with Gasteiger partial charge in [-0.25, -0.2) is 0 Å². The number of hydrogen-bond acceptors (Lipinski definition) is 3. The van der Waals surface area contributed by atoms with E-state index in [4.69, 9.17) is 21.4 Å². The number of fused-ring (bicyclic) bond motifs is 1. The number of nitrogens with zero attached hydrogens (tertiary/aromatic N) is 2. The molecular weight excluding hydrogens is 334 g/mol. The lowest BCUT2D eigenvalue weighted by Gasteiger charge is -2.08. The number of aromatic amines is 1. The standard InChI is InChI=1S/C16H15N5O.C2H4O2/c1-21-9-11(8-19-21)14-12-5-3-2-4-10(12)6-7-13(14)15(22)20-16(17)18;1-2(3)4/h2-9H,1H3,(H4,17,18,20,22);1H3,(H,3,4). The van der Waals surface area contributed by atoms with Crippen LogP contribution in [-0.2, 0) is 11.8 Å². The van der Waals surface area contributed by atoms with Crippen molar-refractivity contribution in [3.8, 4) is 11.1 Å². The summed E-state index contributed by atoms with van der Waals surface area (Å²) >= 11 is 0. The highest BCUT2D eigenvalue weighted by molar-refractivity contribution is 6.12. The van der Waals surface area contributed by atoms with Crippen LogP contribution in [0.2, 0.25) is 0 Å². The topological polar surface area (TPSA) is 141 Å². The van der Waals surface area contributed by atoms with E-state index in [-0.39, 0.29) is 5.96 Å². The third-order valence-corrected chi connectivity index (χ3v) is 3.44. The van der Waals surface area contributed by atoms with Gasteiger partial charge in [0.15, 0.2) is 13.0 Å². The average Bonchev–Trinajstić information content (AvgIpc) is 2.98. The van der Waals surface area contributed by atoms with E-state index in [1.165, 1.54) is 0 Å². The molecule has 8 nitrogen and oxygen atoms in total. The molecule has 1 heterocycles. The molecule has 0 atom stereocenters. The molecule has 134 valence electrons. The lowest BCUT2D eigenvalue weighted by Crippen LogP contribution is -2.27. The fraction of sp³-hybridized carbons (Fsp3) is 0.111. The second-order valence-corrected chi connectivity index (χ2v) is 5.51. The first-order chi connectivity index (χ1) is 12.3. The summed E-state index contributed by atoms with van der Waals surface area (Å²) in [6.07, 6.45) is 3.75. The first kappa shape index (κ1) is 18.7. The number of amides is 1. The number of nitrogens with two attached hydrogens (primary N) is 2. The first-order valence-electron chi connectivity index (χ1n) is 7.67. The van der Waals surface area contributed by atoms with Crippen LogP contribution in [0.5, 0.6) is 0 Å². The Morgan fingerprint density at radius 1 is 1.15 bits per heavy atom. The van der Waals surface area contributed by atoms with Gasteiger partial charge in [-0.2, -0.15) is 10.1 Å². The smallest absolute Gasteiger partial charge is 0.280 e. The predicted molar refractivity (Wildman–Crippen MR) is 95.7 cm³/mol. The van der Waals surface area contributed by atoms with E-state index in [1.54, 1.807) is 6.07 Å². The highest BCUT2D eigenvalue weighted by Gasteiger charge is 2.18. The number of aromatic nitrogens is 2. The van der Waals surface area contributed by atoms with Gasteiger partial charge < -0.3 is 21.4 Å². The van der Waals surface area contributed by atoms with Crippen molar-refractivity contribution in [2.45, 2.75) is 6.92 Å². The number of carboxylic acids is 1. The summed E-state index contributed by atoms with van der Waals surface area (Å²) in [5.41, 5.74) is 12.8. The van der Waals surface area contributed by atoms with Gasteiger partial charge in [0.05, 0.1) is 17.3 Å². The first-order valence-corrected chi connectivity index (χ1v) is 7.67. The van der Waals surface area contributed by atoms with Crippen molar-refractivity contribution in [2.24, 2.45) is 23.5 Å². The van der Waals surface area contributed by atoms with Crippen LogP contribution in [-0.4, -0.2) is 22.9 Å². The largest absolute Gasteiger partial charge is 0.550 e. The molecule has 8 heteroatoms. The van der Waals surface area contributed by atoms with Crippen molar-refractivity contribution < 1.29 is 19.4 Å². The molecule has 2 aromatic carbocycles. The van der Waals surface area contributed by atoms with E-state index in [2.05, 4.69) is 10.1 Å². The quantitative estimate of drug-likeness (QED) is 0.333. The summed E-state index contributed by atoms with van der Waals surface area (Å²) in [6.45, 7) is 0.972. The number of aliphatic carboxylic acids is 1. The fourth-order valence-corrected chi connectivity index (χ4v) is 2.53. The van der Waals surface area contributed by atoms with Crippen LogP contribution in [0.15, 0.2) is 53.8 Å². The van der Waals surface area contributed by atoms with Gasteiger partial charge in [-0.1, -0.05) is 30.3 Å². The zero-order valence-electron chi connectivity index (χ0n) is 14.4. The third kappa shape index (κ3) is 4.44. The number of hydrogen-bond donors (Lipinski definition) is 3. The second kappa shape index (κ2) is 7.93. The van der Waals surface area contributed by atoms with E-state index in [9.17, 15) is 4.79 Å². The van der Waals surface area contributed by atoms with Gasteiger partial charge in [-0.05, 0) is 23.8 Å². The SMILES string of the molecule is CC(=O)[O-].C[n+]1cc(-c2c(C(=O)N=C(N)N)ccc3ccccc23)c[nH]1. The fourth-order valence-electron chi connectivity index (χ4n) is 2.53. The summed E-state index contributed by atoms with van der Waals surface area (Å²) in [6, 6.07) is 11.5. The molecule has 0 aliphatic rings. The van der Waals surface area contributed by atoms with Crippen LogP contribution < -0.4 is 21.3 Å². The maximum atomic E-state index is 12.3. The summed E-state index contributed by atoms with van der Waals surface area (Å²) in [4.78, 5) is 24.9. The molecule has 5 N–H and O–H groups in total. The van der Waals surface area contributed by atoms with E-state index >= 15 is 0 Å². The maximum Gasteiger partial charge on any atom is 0.280 e. The zero-order valence-corrected chi connectivity index (χ0v) is 14.4. The van der Waals surface area contributed by atoms with Gasteiger partial charge >= 0.3 is 0 Å². The van der Waals surface area contributed by atoms with E-state index < -0.39 is 11.9 Å². The van der Waals surface area contributed by atoms with Crippen molar-refractivity contribution in [1.82, 2.24) is 5.10 Å². The Hall–Kier alpha value is -3.68. The van der Waals surface area contributed by atoms with E-state index in [0.29, 0.717) is 5.56 Å². The van der Waals surface area contributed by atoms with Gasteiger partial charge in [0.2, 0.25) is 6.20 Å². The molecule has 0 radical (unpaired) electrons. The predicted octanol–water partition coefficient (Wildman–Crippen LogP) is -0.171. The number of nitrogens with one attached hydrogen (secondary N) is 1. The van der Waals surface area contributed by atoms with Crippen LogP contribution in [0, 0.1) is 0 Å². The molecule has 0 spiro atoms. The Morgan fingerprint density at radius 3 is 2.38 bits per heavy atom. The lowest BCUT2D eigenvalue weighted by molar-refractivity contribution is -0.726.